The van der Waals surface area contributed by atoms with Gasteiger partial charge < -0.3 is 15.3 Å². The zero-order chi connectivity index (χ0) is 16.1. The Kier molecular flexibility index (Phi) is 5.14. The highest BCUT2D eigenvalue weighted by atomic mass is 16.4. The maximum atomic E-state index is 12.1. The number of unbranched alkanes of at least 4 members (excludes halogenated alkanes) is 1. The van der Waals surface area contributed by atoms with Crippen molar-refractivity contribution >= 4 is 23.5 Å². The van der Waals surface area contributed by atoms with E-state index in [1.165, 1.54) is 0 Å². The molecule has 0 aliphatic carbocycles. The molecule has 22 heavy (non-hydrogen) atoms. The molecule has 6 heteroatoms. The van der Waals surface area contributed by atoms with E-state index in [2.05, 4.69) is 5.32 Å². The van der Waals surface area contributed by atoms with E-state index in [0.717, 1.165) is 11.3 Å². The maximum Gasteiger partial charge on any atom is 0.303 e. The zero-order valence-electron chi connectivity index (χ0n) is 12.6. The average Bonchev–Trinajstić information content (AvgIpc) is 2.50. The number of carboxylic acid groups (broad SMARTS) is 1. The minimum absolute atomic E-state index is 0.0862. The Hall–Kier alpha value is -2.37. The second-order valence-electron chi connectivity index (χ2n) is 5.40. The minimum Gasteiger partial charge on any atom is -0.481 e. The minimum atomic E-state index is -0.820. The van der Waals surface area contributed by atoms with Crippen LogP contribution in [-0.4, -0.2) is 36.5 Å². The summed E-state index contributed by atoms with van der Waals surface area (Å²) >= 11 is 0. The molecule has 1 aliphatic heterocycles. The number of hydrogen-bond donors (Lipinski definition) is 2. The third-order valence-electron chi connectivity index (χ3n) is 3.79. The van der Waals surface area contributed by atoms with Gasteiger partial charge in [0.2, 0.25) is 5.91 Å². The monoisotopic (exact) mass is 304 g/mol. The molecule has 1 aromatic rings. The van der Waals surface area contributed by atoms with Crippen molar-refractivity contribution < 1.29 is 19.5 Å². The Balaban J connectivity index is 1.91. The van der Waals surface area contributed by atoms with E-state index in [1.807, 2.05) is 6.07 Å². The number of carbonyl (C=O) groups excluding carboxylic acids is 2. The molecule has 0 spiro atoms. The van der Waals surface area contributed by atoms with Crippen molar-refractivity contribution in [2.24, 2.45) is 0 Å². The van der Waals surface area contributed by atoms with Gasteiger partial charge in [-0.2, -0.15) is 0 Å². The third kappa shape index (κ3) is 3.84. The number of hydrogen-bond acceptors (Lipinski definition) is 3. The first-order chi connectivity index (χ1) is 10.5. The topological polar surface area (TPSA) is 86.7 Å². The first-order valence-corrected chi connectivity index (χ1v) is 7.38. The number of nitrogens with one attached hydrogen (secondary N) is 1. The summed E-state index contributed by atoms with van der Waals surface area (Å²) in [6, 6.07) is 5.33. The molecule has 1 heterocycles. The summed E-state index contributed by atoms with van der Waals surface area (Å²) < 4.78 is 0. The lowest BCUT2D eigenvalue weighted by Gasteiger charge is -2.26. The number of fused-ring (bicyclic) bond motifs is 1. The van der Waals surface area contributed by atoms with Crippen LogP contribution in [0.1, 0.15) is 41.6 Å². The second-order valence-corrected chi connectivity index (χ2v) is 5.40. The highest BCUT2D eigenvalue weighted by molar-refractivity contribution is 5.98. The van der Waals surface area contributed by atoms with E-state index in [4.69, 9.17) is 5.11 Å². The van der Waals surface area contributed by atoms with E-state index in [-0.39, 0.29) is 18.2 Å². The number of carbonyl (C=O) groups is 3. The van der Waals surface area contributed by atoms with Crippen molar-refractivity contribution in [1.82, 2.24) is 5.32 Å². The molecule has 6 nitrogen and oxygen atoms in total. The van der Waals surface area contributed by atoms with Gasteiger partial charge in [0.1, 0.15) is 0 Å². The molecule has 1 aromatic carbocycles. The first-order valence-electron chi connectivity index (χ1n) is 7.38. The molecule has 0 aromatic heterocycles. The number of carboxylic acids is 1. The van der Waals surface area contributed by atoms with Gasteiger partial charge in [-0.1, -0.05) is 0 Å². The summed E-state index contributed by atoms with van der Waals surface area (Å²) in [5, 5.41) is 11.3. The number of benzene rings is 1. The van der Waals surface area contributed by atoms with Crippen LogP contribution in [0.2, 0.25) is 0 Å². The standard InChI is InChI=1S/C16H20N2O4/c1-18-13-7-5-12(10-11(13)6-8-14(18)19)16(22)17-9-3-2-4-15(20)21/h5,7,10H,2-4,6,8-9H2,1H3,(H,17,22)(H,20,21). The molecule has 2 amide bonds. The van der Waals surface area contributed by atoms with Gasteiger partial charge in [-0.3, -0.25) is 14.4 Å². The number of aryl methyl sites for hydroxylation is 1. The summed E-state index contributed by atoms with van der Waals surface area (Å²) in [5.74, 6) is -0.902. The molecular weight excluding hydrogens is 284 g/mol. The van der Waals surface area contributed by atoms with E-state index >= 15 is 0 Å². The van der Waals surface area contributed by atoms with Gasteiger partial charge in [0.25, 0.3) is 5.91 Å². The van der Waals surface area contributed by atoms with Crippen LogP contribution in [0.5, 0.6) is 0 Å². The molecule has 1 aliphatic rings. The smallest absolute Gasteiger partial charge is 0.303 e. The summed E-state index contributed by atoms with van der Waals surface area (Å²) in [4.78, 5) is 35.7. The van der Waals surface area contributed by atoms with Crippen molar-refractivity contribution in [3.63, 3.8) is 0 Å². The van der Waals surface area contributed by atoms with Crippen LogP contribution >= 0.6 is 0 Å². The fraction of sp³-hybridized carbons (Fsp3) is 0.438. The lowest BCUT2D eigenvalue weighted by Crippen LogP contribution is -2.31. The molecule has 2 N–H and O–H groups in total. The quantitative estimate of drug-likeness (QED) is 0.781. The molecule has 0 saturated heterocycles. The van der Waals surface area contributed by atoms with Crippen molar-refractivity contribution in [2.45, 2.75) is 32.1 Å². The number of nitrogens with zero attached hydrogens (tertiary/aromatic N) is 1. The lowest BCUT2D eigenvalue weighted by atomic mass is 9.99. The molecular formula is C16H20N2O4. The Morgan fingerprint density at radius 2 is 2.05 bits per heavy atom. The average molecular weight is 304 g/mol. The predicted molar refractivity (Wildman–Crippen MR) is 82.0 cm³/mol. The van der Waals surface area contributed by atoms with E-state index in [1.54, 1.807) is 24.1 Å². The van der Waals surface area contributed by atoms with Crippen LogP contribution in [0.3, 0.4) is 0 Å². The fourth-order valence-electron chi connectivity index (χ4n) is 2.50. The van der Waals surface area contributed by atoms with Crippen LogP contribution < -0.4 is 10.2 Å². The summed E-state index contributed by atoms with van der Waals surface area (Å²) in [7, 11) is 1.74. The second kappa shape index (κ2) is 7.06. The highest BCUT2D eigenvalue weighted by Crippen LogP contribution is 2.27. The zero-order valence-corrected chi connectivity index (χ0v) is 12.6. The van der Waals surface area contributed by atoms with Crippen LogP contribution in [0.4, 0.5) is 5.69 Å². The lowest BCUT2D eigenvalue weighted by molar-refractivity contribution is -0.137. The number of anilines is 1. The van der Waals surface area contributed by atoms with Crippen LogP contribution in [0, 0.1) is 0 Å². The first kappa shape index (κ1) is 16.0. The molecule has 0 saturated carbocycles. The van der Waals surface area contributed by atoms with Crippen molar-refractivity contribution in [1.29, 1.82) is 0 Å². The summed E-state index contributed by atoms with van der Waals surface area (Å²) in [5.41, 5.74) is 2.43. The Bertz CT molecular complexity index is 598. The van der Waals surface area contributed by atoms with Gasteiger partial charge in [-0.15, -0.1) is 0 Å². The van der Waals surface area contributed by atoms with Crippen molar-refractivity contribution in [2.75, 3.05) is 18.5 Å². The molecule has 0 unspecified atom stereocenters. The molecule has 0 bridgehead atoms. The van der Waals surface area contributed by atoms with Gasteiger partial charge in [-0.05, 0) is 43.0 Å². The van der Waals surface area contributed by atoms with Crippen LogP contribution in [0.25, 0.3) is 0 Å². The SMILES string of the molecule is CN1C(=O)CCc2cc(C(=O)NCCCCC(=O)O)ccc21. The third-order valence-corrected chi connectivity index (χ3v) is 3.79. The van der Waals surface area contributed by atoms with Gasteiger partial charge in [0.15, 0.2) is 0 Å². The number of aliphatic carboxylic acids is 1. The largest absolute Gasteiger partial charge is 0.481 e. The van der Waals surface area contributed by atoms with Crippen LogP contribution in [0.15, 0.2) is 18.2 Å². The predicted octanol–water partition coefficient (Wildman–Crippen LogP) is 1.58. The van der Waals surface area contributed by atoms with Crippen molar-refractivity contribution in [3.8, 4) is 0 Å². The fourth-order valence-corrected chi connectivity index (χ4v) is 2.50. The Labute approximate surface area is 129 Å². The summed E-state index contributed by atoms with van der Waals surface area (Å²) in [6.45, 7) is 0.460. The molecule has 118 valence electrons. The van der Waals surface area contributed by atoms with Crippen LogP contribution in [-0.2, 0) is 16.0 Å². The van der Waals surface area contributed by atoms with Gasteiger partial charge in [0.05, 0.1) is 0 Å². The van der Waals surface area contributed by atoms with E-state index in [0.29, 0.717) is 37.8 Å². The van der Waals surface area contributed by atoms with E-state index in [9.17, 15) is 14.4 Å². The van der Waals surface area contributed by atoms with Gasteiger partial charge >= 0.3 is 5.97 Å². The number of rotatable bonds is 6. The summed E-state index contributed by atoms with van der Waals surface area (Å²) in [6.07, 6.45) is 2.42. The van der Waals surface area contributed by atoms with Gasteiger partial charge in [-0.25, -0.2) is 0 Å². The van der Waals surface area contributed by atoms with E-state index < -0.39 is 5.97 Å². The highest BCUT2D eigenvalue weighted by Gasteiger charge is 2.21. The Morgan fingerprint density at radius 1 is 1.27 bits per heavy atom. The maximum absolute atomic E-state index is 12.1. The number of amides is 2. The Morgan fingerprint density at radius 3 is 2.77 bits per heavy atom. The normalized spacial score (nSPS) is 13.7. The van der Waals surface area contributed by atoms with Crippen molar-refractivity contribution in [3.05, 3.63) is 29.3 Å². The molecule has 0 fully saturated rings. The molecule has 0 atom stereocenters. The van der Waals surface area contributed by atoms with Gasteiger partial charge in [0, 0.05) is 37.7 Å². The molecule has 2 rings (SSSR count). The molecule has 0 radical (unpaired) electrons.